The highest BCUT2D eigenvalue weighted by Crippen LogP contribution is 2.16. The van der Waals surface area contributed by atoms with Gasteiger partial charge in [-0.2, -0.15) is 0 Å². The van der Waals surface area contributed by atoms with Crippen molar-refractivity contribution in [2.24, 2.45) is 0 Å². The summed E-state index contributed by atoms with van der Waals surface area (Å²) in [5.74, 6) is 0. The summed E-state index contributed by atoms with van der Waals surface area (Å²) in [5.41, 5.74) is 2.61. The summed E-state index contributed by atoms with van der Waals surface area (Å²) >= 11 is 0. The zero-order valence-corrected chi connectivity index (χ0v) is 12.4. The van der Waals surface area contributed by atoms with Gasteiger partial charge >= 0.3 is 0 Å². The number of likely N-dealkylation sites (tertiary alicyclic amines) is 1. The van der Waals surface area contributed by atoms with Crippen molar-refractivity contribution < 1.29 is 8.42 Å². The van der Waals surface area contributed by atoms with E-state index < -0.39 is 10.0 Å². The lowest BCUT2D eigenvalue weighted by Crippen LogP contribution is -2.47. The van der Waals surface area contributed by atoms with Gasteiger partial charge < -0.3 is 0 Å². The molecule has 1 aliphatic rings. The summed E-state index contributed by atoms with van der Waals surface area (Å²) in [5, 5.41) is 0. The Morgan fingerprint density at radius 1 is 1.37 bits per heavy atom. The van der Waals surface area contributed by atoms with Crippen molar-refractivity contribution >= 4 is 10.0 Å². The third kappa shape index (κ3) is 4.60. The number of piperidine rings is 1. The van der Waals surface area contributed by atoms with Gasteiger partial charge in [-0.1, -0.05) is 24.3 Å². The summed E-state index contributed by atoms with van der Waals surface area (Å²) in [6.45, 7) is 4.85. The van der Waals surface area contributed by atoms with Gasteiger partial charge in [0, 0.05) is 19.1 Å². The summed E-state index contributed by atoms with van der Waals surface area (Å²) in [6, 6.07) is 8.41. The van der Waals surface area contributed by atoms with Crippen LogP contribution in [0.15, 0.2) is 24.3 Å². The quantitative estimate of drug-likeness (QED) is 0.910. The minimum Gasteiger partial charge on any atom is -0.297 e. The van der Waals surface area contributed by atoms with Gasteiger partial charge in [0.1, 0.15) is 0 Å². The normalized spacial score (nSPS) is 21.5. The molecular formula is C14H22N2O2S. The van der Waals surface area contributed by atoms with Gasteiger partial charge in [0.25, 0.3) is 0 Å². The molecule has 0 aromatic heterocycles. The molecular weight excluding hydrogens is 260 g/mol. The average Bonchev–Trinajstić information content (AvgIpc) is 2.30. The second-order valence-electron chi connectivity index (χ2n) is 5.39. The number of sulfonamides is 1. The van der Waals surface area contributed by atoms with Crippen LogP contribution in [0.4, 0.5) is 0 Å². The molecule has 1 aromatic carbocycles. The van der Waals surface area contributed by atoms with Crippen LogP contribution in [0, 0.1) is 6.92 Å². The Balaban J connectivity index is 1.96. The Morgan fingerprint density at radius 3 is 2.79 bits per heavy atom. The van der Waals surface area contributed by atoms with E-state index in [0.717, 1.165) is 32.5 Å². The van der Waals surface area contributed by atoms with E-state index in [1.54, 1.807) is 0 Å². The second-order valence-corrected chi connectivity index (χ2v) is 7.17. The fourth-order valence-corrected chi connectivity index (χ4v) is 3.42. The van der Waals surface area contributed by atoms with Crippen LogP contribution in [-0.4, -0.2) is 38.7 Å². The van der Waals surface area contributed by atoms with E-state index in [4.69, 9.17) is 0 Å². The Morgan fingerprint density at radius 2 is 2.11 bits per heavy atom. The van der Waals surface area contributed by atoms with Crippen LogP contribution < -0.4 is 4.72 Å². The zero-order valence-electron chi connectivity index (χ0n) is 11.6. The SMILES string of the molecule is Cc1ccccc1CN1CCCC(NS(C)(=O)=O)C1. The van der Waals surface area contributed by atoms with Gasteiger partial charge in [-0.15, -0.1) is 0 Å². The molecule has 5 heteroatoms. The van der Waals surface area contributed by atoms with E-state index in [1.807, 2.05) is 6.07 Å². The average molecular weight is 282 g/mol. The molecule has 0 amide bonds. The molecule has 0 radical (unpaired) electrons. The third-order valence-corrected chi connectivity index (χ3v) is 4.30. The number of rotatable bonds is 4. The molecule has 1 fully saturated rings. The Labute approximate surface area is 115 Å². The lowest BCUT2D eigenvalue weighted by atomic mass is 10.0. The van der Waals surface area contributed by atoms with Crippen LogP contribution in [-0.2, 0) is 16.6 Å². The maximum Gasteiger partial charge on any atom is 0.208 e. The molecule has 1 aromatic rings. The molecule has 19 heavy (non-hydrogen) atoms. The summed E-state index contributed by atoms with van der Waals surface area (Å²) in [7, 11) is -3.10. The van der Waals surface area contributed by atoms with Crippen LogP contribution in [0.2, 0.25) is 0 Å². The lowest BCUT2D eigenvalue weighted by Gasteiger charge is -2.33. The molecule has 1 aliphatic heterocycles. The highest BCUT2D eigenvalue weighted by molar-refractivity contribution is 7.88. The van der Waals surface area contributed by atoms with Crippen molar-refractivity contribution in [1.29, 1.82) is 0 Å². The Hall–Kier alpha value is -0.910. The number of nitrogens with zero attached hydrogens (tertiary/aromatic N) is 1. The number of hydrogen-bond acceptors (Lipinski definition) is 3. The standard InChI is InChI=1S/C14H22N2O2S/c1-12-6-3-4-7-13(12)10-16-9-5-8-14(11-16)15-19(2,17)18/h3-4,6-7,14-15H,5,8-11H2,1-2H3. The van der Waals surface area contributed by atoms with Gasteiger partial charge in [0.2, 0.25) is 10.0 Å². The first kappa shape index (κ1) is 14.5. The minimum absolute atomic E-state index is 0.0489. The highest BCUT2D eigenvalue weighted by atomic mass is 32.2. The smallest absolute Gasteiger partial charge is 0.208 e. The van der Waals surface area contributed by atoms with Gasteiger partial charge in [-0.3, -0.25) is 4.90 Å². The minimum atomic E-state index is -3.10. The molecule has 1 saturated heterocycles. The predicted molar refractivity (Wildman–Crippen MR) is 77.5 cm³/mol. The first-order valence-corrected chi connectivity index (χ1v) is 8.57. The van der Waals surface area contributed by atoms with Crippen LogP contribution in [0.3, 0.4) is 0 Å². The molecule has 4 nitrogen and oxygen atoms in total. The van der Waals surface area contributed by atoms with Crippen molar-refractivity contribution in [3.63, 3.8) is 0 Å². The van der Waals surface area contributed by atoms with Crippen molar-refractivity contribution in [1.82, 2.24) is 9.62 Å². The van der Waals surface area contributed by atoms with E-state index in [-0.39, 0.29) is 6.04 Å². The zero-order chi connectivity index (χ0) is 13.9. The largest absolute Gasteiger partial charge is 0.297 e. The number of benzene rings is 1. The van der Waals surface area contributed by atoms with Gasteiger partial charge in [0.15, 0.2) is 0 Å². The summed E-state index contributed by atoms with van der Waals surface area (Å²) in [4.78, 5) is 2.33. The molecule has 1 N–H and O–H groups in total. The van der Waals surface area contributed by atoms with E-state index in [9.17, 15) is 8.42 Å². The molecule has 0 saturated carbocycles. The first-order valence-electron chi connectivity index (χ1n) is 6.68. The fourth-order valence-electron chi connectivity index (χ4n) is 2.63. The monoisotopic (exact) mass is 282 g/mol. The second kappa shape index (κ2) is 6.03. The van der Waals surface area contributed by atoms with E-state index in [1.165, 1.54) is 17.4 Å². The van der Waals surface area contributed by atoms with Crippen LogP contribution in [0.25, 0.3) is 0 Å². The van der Waals surface area contributed by atoms with Crippen LogP contribution in [0.5, 0.6) is 0 Å². The number of hydrogen-bond donors (Lipinski definition) is 1. The molecule has 106 valence electrons. The van der Waals surface area contributed by atoms with E-state index in [2.05, 4.69) is 34.7 Å². The molecule has 0 spiro atoms. The molecule has 1 heterocycles. The highest BCUT2D eigenvalue weighted by Gasteiger charge is 2.22. The van der Waals surface area contributed by atoms with Crippen molar-refractivity contribution in [2.45, 2.75) is 32.4 Å². The Bertz CT molecular complexity index is 528. The molecule has 1 atom stereocenters. The molecule has 0 bridgehead atoms. The van der Waals surface area contributed by atoms with E-state index in [0.29, 0.717) is 0 Å². The van der Waals surface area contributed by atoms with Gasteiger partial charge in [-0.05, 0) is 37.4 Å². The van der Waals surface area contributed by atoms with Crippen molar-refractivity contribution in [3.8, 4) is 0 Å². The predicted octanol–water partition coefficient (Wildman–Crippen LogP) is 1.51. The maximum absolute atomic E-state index is 11.3. The third-order valence-electron chi connectivity index (χ3n) is 3.54. The molecule has 1 unspecified atom stereocenters. The lowest BCUT2D eigenvalue weighted by molar-refractivity contribution is 0.194. The topological polar surface area (TPSA) is 49.4 Å². The summed E-state index contributed by atoms with van der Waals surface area (Å²) < 4.78 is 25.3. The van der Waals surface area contributed by atoms with Crippen molar-refractivity contribution in [2.75, 3.05) is 19.3 Å². The first-order chi connectivity index (χ1) is 8.94. The fraction of sp³-hybridized carbons (Fsp3) is 0.571. The maximum atomic E-state index is 11.3. The molecule has 2 rings (SSSR count). The van der Waals surface area contributed by atoms with E-state index >= 15 is 0 Å². The molecule has 0 aliphatic carbocycles. The van der Waals surface area contributed by atoms with Crippen LogP contribution >= 0.6 is 0 Å². The number of nitrogens with one attached hydrogen (secondary N) is 1. The number of aryl methyl sites for hydroxylation is 1. The van der Waals surface area contributed by atoms with Crippen LogP contribution in [0.1, 0.15) is 24.0 Å². The summed E-state index contributed by atoms with van der Waals surface area (Å²) in [6.07, 6.45) is 3.20. The van der Waals surface area contributed by atoms with Gasteiger partial charge in [-0.25, -0.2) is 13.1 Å². The Kier molecular flexibility index (Phi) is 4.60. The van der Waals surface area contributed by atoms with Crippen molar-refractivity contribution in [3.05, 3.63) is 35.4 Å². The van der Waals surface area contributed by atoms with Gasteiger partial charge in [0.05, 0.1) is 6.26 Å².